The Kier molecular flexibility index (Phi) is 4.33. The minimum atomic E-state index is 0.398. The summed E-state index contributed by atoms with van der Waals surface area (Å²) in [6, 6.07) is 14.9. The van der Waals surface area contributed by atoms with Crippen molar-refractivity contribution in [2.75, 3.05) is 21.3 Å². The molecule has 0 radical (unpaired) electrons. The highest BCUT2D eigenvalue weighted by Crippen LogP contribution is 2.32. The van der Waals surface area contributed by atoms with Crippen LogP contribution in [0, 0.1) is 0 Å². The van der Waals surface area contributed by atoms with Gasteiger partial charge in [0.1, 0.15) is 11.5 Å². The predicted octanol–water partition coefficient (Wildman–Crippen LogP) is 3.98. The van der Waals surface area contributed by atoms with Gasteiger partial charge in [-0.15, -0.1) is 0 Å². The van der Waals surface area contributed by atoms with Crippen molar-refractivity contribution in [1.82, 2.24) is 15.1 Å². The molecule has 2 heterocycles. The molecule has 0 saturated carbocycles. The van der Waals surface area contributed by atoms with E-state index in [9.17, 15) is 0 Å². The van der Waals surface area contributed by atoms with Crippen molar-refractivity contribution >= 4 is 10.9 Å². The molecule has 7 heteroatoms. The molecule has 2 aromatic heterocycles. The number of rotatable bonds is 5. The number of methoxy groups -OCH3 is 3. The van der Waals surface area contributed by atoms with Gasteiger partial charge in [-0.05, 0) is 48.5 Å². The Morgan fingerprint density at radius 2 is 1.52 bits per heavy atom. The normalized spacial score (nSPS) is 10.8. The van der Waals surface area contributed by atoms with E-state index in [1.165, 1.54) is 0 Å². The van der Waals surface area contributed by atoms with Gasteiger partial charge in [0.2, 0.25) is 11.7 Å². The number of ether oxygens (including phenoxy) is 3. The Hall–Kier alpha value is -3.61. The molecule has 0 aliphatic heterocycles. The molecule has 0 N–H and O–H groups in total. The lowest BCUT2D eigenvalue weighted by molar-refractivity contribution is 0.399. The zero-order chi connectivity index (χ0) is 18.8. The lowest BCUT2D eigenvalue weighted by Gasteiger charge is -2.07. The summed E-state index contributed by atoms with van der Waals surface area (Å²) in [4.78, 5) is 9.03. The summed E-state index contributed by atoms with van der Waals surface area (Å²) in [5.41, 5.74) is 2.22. The minimum Gasteiger partial charge on any atom is -0.497 e. The van der Waals surface area contributed by atoms with E-state index >= 15 is 0 Å². The Bertz CT molecular complexity index is 1090. The Labute approximate surface area is 155 Å². The van der Waals surface area contributed by atoms with Gasteiger partial charge in [0.25, 0.3) is 5.89 Å². The number of pyridine rings is 1. The van der Waals surface area contributed by atoms with Gasteiger partial charge in [0, 0.05) is 10.9 Å². The maximum absolute atomic E-state index is 5.43. The molecule has 0 atom stereocenters. The van der Waals surface area contributed by atoms with Crippen LogP contribution in [0.25, 0.3) is 33.7 Å². The highest BCUT2D eigenvalue weighted by Gasteiger charge is 2.17. The zero-order valence-corrected chi connectivity index (χ0v) is 15.1. The van der Waals surface area contributed by atoms with E-state index in [-0.39, 0.29) is 0 Å². The molecule has 7 nitrogen and oxygen atoms in total. The summed E-state index contributed by atoms with van der Waals surface area (Å²) in [5.74, 6) is 2.73. The highest BCUT2D eigenvalue weighted by atomic mass is 16.5. The largest absolute Gasteiger partial charge is 0.497 e. The first-order valence-corrected chi connectivity index (χ1v) is 8.23. The molecular formula is C20H17N3O4. The third-order valence-corrected chi connectivity index (χ3v) is 4.18. The molecule has 4 rings (SSSR count). The fraction of sp³-hybridized carbons (Fsp3) is 0.150. The second-order valence-corrected chi connectivity index (χ2v) is 5.76. The van der Waals surface area contributed by atoms with Crippen LogP contribution < -0.4 is 14.2 Å². The van der Waals surface area contributed by atoms with E-state index in [1.54, 1.807) is 21.3 Å². The maximum Gasteiger partial charge on any atom is 0.258 e. The number of hydrogen-bond acceptors (Lipinski definition) is 7. The lowest BCUT2D eigenvalue weighted by Crippen LogP contribution is -1.94. The second kappa shape index (κ2) is 6.95. The predicted molar refractivity (Wildman–Crippen MR) is 100 cm³/mol. The van der Waals surface area contributed by atoms with Gasteiger partial charge in [-0.3, -0.25) is 0 Å². The van der Waals surface area contributed by atoms with Crippen molar-refractivity contribution in [2.45, 2.75) is 0 Å². The van der Waals surface area contributed by atoms with E-state index < -0.39 is 0 Å². The molecular weight excluding hydrogens is 346 g/mol. The van der Waals surface area contributed by atoms with Crippen LogP contribution in [-0.2, 0) is 0 Å². The van der Waals surface area contributed by atoms with Crippen LogP contribution in [0.1, 0.15) is 0 Å². The van der Waals surface area contributed by atoms with Gasteiger partial charge in [-0.2, -0.15) is 4.98 Å². The summed E-state index contributed by atoms with van der Waals surface area (Å²) >= 11 is 0. The Morgan fingerprint density at radius 3 is 2.22 bits per heavy atom. The molecule has 4 aromatic rings. The van der Waals surface area contributed by atoms with E-state index in [2.05, 4.69) is 15.1 Å². The fourth-order valence-electron chi connectivity index (χ4n) is 2.76. The first-order chi connectivity index (χ1) is 13.2. The van der Waals surface area contributed by atoms with Gasteiger partial charge >= 0.3 is 0 Å². The van der Waals surface area contributed by atoms with Crippen LogP contribution in [0.5, 0.6) is 17.4 Å². The van der Waals surface area contributed by atoms with Gasteiger partial charge in [-0.25, -0.2) is 4.98 Å². The highest BCUT2D eigenvalue weighted by molar-refractivity contribution is 5.86. The third kappa shape index (κ3) is 3.15. The molecule has 0 unspecified atom stereocenters. The molecule has 0 aliphatic rings. The van der Waals surface area contributed by atoms with E-state index in [1.807, 2.05) is 48.5 Å². The summed E-state index contributed by atoms with van der Waals surface area (Å²) in [6.07, 6.45) is 0. The van der Waals surface area contributed by atoms with Crippen LogP contribution in [0.3, 0.4) is 0 Å². The van der Waals surface area contributed by atoms with Crippen LogP contribution in [0.15, 0.2) is 53.1 Å². The first-order valence-electron chi connectivity index (χ1n) is 8.23. The third-order valence-electron chi connectivity index (χ3n) is 4.18. The zero-order valence-electron chi connectivity index (χ0n) is 15.1. The van der Waals surface area contributed by atoms with Crippen LogP contribution >= 0.6 is 0 Å². The molecule has 136 valence electrons. The summed E-state index contributed by atoms with van der Waals surface area (Å²) in [7, 11) is 4.80. The number of nitrogens with zero attached hydrogens (tertiary/aromatic N) is 3. The van der Waals surface area contributed by atoms with Gasteiger partial charge in [0.15, 0.2) is 0 Å². The minimum absolute atomic E-state index is 0.398. The van der Waals surface area contributed by atoms with Gasteiger partial charge < -0.3 is 18.7 Å². The van der Waals surface area contributed by atoms with Crippen molar-refractivity contribution < 1.29 is 18.7 Å². The Morgan fingerprint density at radius 1 is 0.778 bits per heavy atom. The fourth-order valence-corrected chi connectivity index (χ4v) is 2.76. The molecule has 0 aliphatic carbocycles. The Balaban J connectivity index is 1.77. The standard InChI is InChI=1S/C20H17N3O4/c1-24-14-6-4-12(5-7-14)19-22-18(23-27-19)16-11-13-10-15(25-2)8-9-17(13)21-20(16)26-3/h4-11H,1-3H3. The van der Waals surface area contributed by atoms with Crippen LogP contribution in [-0.4, -0.2) is 36.5 Å². The molecule has 0 amide bonds. The molecule has 0 saturated heterocycles. The second-order valence-electron chi connectivity index (χ2n) is 5.76. The van der Waals surface area contributed by atoms with Crippen molar-refractivity contribution in [3.8, 4) is 40.2 Å². The smallest absolute Gasteiger partial charge is 0.258 e. The van der Waals surface area contributed by atoms with E-state index in [0.717, 1.165) is 28.0 Å². The number of hydrogen-bond donors (Lipinski definition) is 0. The van der Waals surface area contributed by atoms with E-state index in [0.29, 0.717) is 23.2 Å². The SMILES string of the molecule is COc1ccc(-c2nc(-c3cc4cc(OC)ccc4nc3OC)no2)cc1. The number of benzene rings is 2. The average Bonchev–Trinajstić information content (AvgIpc) is 3.22. The summed E-state index contributed by atoms with van der Waals surface area (Å²) < 4.78 is 21.3. The monoisotopic (exact) mass is 363 g/mol. The van der Waals surface area contributed by atoms with Crippen LogP contribution in [0.4, 0.5) is 0 Å². The number of aromatic nitrogens is 3. The molecule has 0 spiro atoms. The average molecular weight is 363 g/mol. The summed E-state index contributed by atoms with van der Waals surface area (Å²) in [6.45, 7) is 0. The molecule has 0 bridgehead atoms. The maximum atomic E-state index is 5.43. The quantitative estimate of drug-likeness (QED) is 0.530. The summed E-state index contributed by atoms with van der Waals surface area (Å²) in [5, 5.41) is 4.98. The van der Waals surface area contributed by atoms with Gasteiger partial charge in [0.05, 0.1) is 32.4 Å². The van der Waals surface area contributed by atoms with Crippen molar-refractivity contribution in [2.24, 2.45) is 0 Å². The lowest BCUT2D eigenvalue weighted by atomic mass is 10.1. The molecule has 0 fully saturated rings. The van der Waals surface area contributed by atoms with Crippen LogP contribution in [0.2, 0.25) is 0 Å². The van der Waals surface area contributed by atoms with E-state index in [4.69, 9.17) is 18.7 Å². The number of fused-ring (bicyclic) bond motifs is 1. The van der Waals surface area contributed by atoms with Crippen molar-refractivity contribution in [3.05, 3.63) is 48.5 Å². The first kappa shape index (κ1) is 16.8. The molecule has 2 aromatic carbocycles. The van der Waals surface area contributed by atoms with Gasteiger partial charge in [-0.1, -0.05) is 5.16 Å². The molecule has 27 heavy (non-hydrogen) atoms. The van der Waals surface area contributed by atoms with Crippen molar-refractivity contribution in [1.29, 1.82) is 0 Å². The topological polar surface area (TPSA) is 79.5 Å². The van der Waals surface area contributed by atoms with Crippen molar-refractivity contribution in [3.63, 3.8) is 0 Å².